The van der Waals surface area contributed by atoms with Gasteiger partial charge in [0, 0.05) is 37.9 Å². The van der Waals surface area contributed by atoms with Gasteiger partial charge in [-0.2, -0.15) is 0 Å². The van der Waals surface area contributed by atoms with Crippen LogP contribution >= 0.6 is 0 Å². The van der Waals surface area contributed by atoms with Gasteiger partial charge in [-0.25, -0.2) is 0 Å². The molecule has 3 heterocycles. The van der Waals surface area contributed by atoms with Gasteiger partial charge in [-0.05, 0) is 56.7 Å². The van der Waals surface area contributed by atoms with Crippen molar-refractivity contribution in [3.8, 4) is 5.75 Å². The van der Waals surface area contributed by atoms with E-state index in [1.807, 2.05) is 0 Å². The molecule has 3 fully saturated rings. The topological polar surface area (TPSA) is 106 Å². The molecule has 3 aliphatic heterocycles. The van der Waals surface area contributed by atoms with Gasteiger partial charge >= 0.3 is 0 Å². The number of nitrogens with zero attached hydrogens (tertiary/aromatic N) is 1. The van der Waals surface area contributed by atoms with Crippen molar-refractivity contribution in [3.63, 3.8) is 0 Å². The van der Waals surface area contributed by atoms with Crippen molar-refractivity contribution in [2.24, 2.45) is 5.92 Å². The molecule has 2 N–H and O–H groups in total. The number of carbonyl (C=O) groups is 3. The van der Waals surface area contributed by atoms with Crippen LogP contribution in [0.25, 0.3) is 0 Å². The Balaban J connectivity index is 1.22. The minimum absolute atomic E-state index is 0.0437. The van der Waals surface area contributed by atoms with Crippen LogP contribution < -0.4 is 15.4 Å². The average molecular weight is 500 g/mol. The minimum atomic E-state index is -0.307. The van der Waals surface area contributed by atoms with Crippen molar-refractivity contribution in [2.45, 2.75) is 82.1 Å². The molecule has 0 aromatic heterocycles. The van der Waals surface area contributed by atoms with Crippen molar-refractivity contribution in [2.75, 3.05) is 32.2 Å². The Kier molecular flexibility index (Phi) is 7.76. The molecule has 1 aliphatic carbocycles. The second-order valence-electron chi connectivity index (χ2n) is 10.5. The molecule has 5 rings (SSSR count). The van der Waals surface area contributed by atoms with Gasteiger partial charge in [0.05, 0.1) is 24.1 Å². The van der Waals surface area contributed by atoms with Crippen LogP contribution in [0.15, 0.2) is 18.2 Å². The summed E-state index contributed by atoms with van der Waals surface area (Å²) in [6, 6.07) is 5.35. The molecule has 2 saturated heterocycles. The first-order valence-corrected chi connectivity index (χ1v) is 13.4. The molecular formula is C27H37N3O6. The highest BCUT2D eigenvalue weighted by atomic mass is 16.5. The first kappa shape index (κ1) is 25.0. The van der Waals surface area contributed by atoms with E-state index < -0.39 is 0 Å². The second kappa shape index (κ2) is 11.2. The van der Waals surface area contributed by atoms with Crippen LogP contribution in [0.3, 0.4) is 0 Å². The molecule has 9 nitrogen and oxygen atoms in total. The Morgan fingerprint density at radius 2 is 1.83 bits per heavy atom. The van der Waals surface area contributed by atoms with Crippen LogP contribution in [0.1, 0.15) is 68.1 Å². The smallest absolute Gasteiger partial charge is 0.257 e. The molecule has 3 amide bonds. The fourth-order valence-corrected chi connectivity index (χ4v) is 5.87. The molecule has 3 atom stereocenters. The summed E-state index contributed by atoms with van der Waals surface area (Å²) < 4.78 is 17.7. The standard InChI is InChI=1S/C27H37N3O6/c1-30-22-8-7-20(15-25(31)28-18-4-2-3-5-18)36-24(22)16-35-23-9-6-19(14-21(23)27(30)33)29-26(32)17-10-12-34-13-11-17/h6,9,14,17-18,20,22,24H,2-5,7-8,10-13,15-16H2,1H3,(H,28,31)(H,29,32)/t20-,22+,24-/m1/s1. The van der Waals surface area contributed by atoms with Gasteiger partial charge in [0.2, 0.25) is 11.8 Å². The average Bonchev–Trinajstić information content (AvgIpc) is 3.40. The molecule has 4 aliphatic rings. The number of amides is 3. The van der Waals surface area contributed by atoms with E-state index in [2.05, 4.69) is 10.6 Å². The van der Waals surface area contributed by atoms with E-state index in [-0.39, 0.29) is 41.9 Å². The summed E-state index contributed by atoms with van der Waals surface area (Å²) in [4.78, 5) is 40.3. The van der Waals surface area contributed by atoms with Crippen molar-refractivity contribution < 1.29 is 28.6 Å². The van der Waals surface area contributed by atoms with E-state index >= 15 is 0 Å². The van der Waals surface area contributed by atoms with Gasteiger partial charge in [-0.1, -0.05) is 12.8 Å². The number of rotatable bonds is 5. The Labute approximate surface area is 212 Å². The van der Waals surface area contributed by atoms with Gasteiger partial charge in [0.1, 0.15) is 18.5 Å². The summed E-state index contributed by atoms with van der Waals surface area (Å²) in [6.07, 6.45) is 7.19. The summed E-state index contributed by atoms with van der Waals surface area (Å²) >= 11 is 0. The van der Waals surface area contributed by atoms with Gasteiger partial charge < -0.3 is 29.7 Å². The zero-order valence-corrected chi connectivity index (χ0v) is 21.0. The molecule has 0 unspecified atom stereocenters. The second-order valence-corrected chi connectivity index (χ2v) is 10.5. The third-order valence-electron chi connectivity index (χ3n) is 8.00. The largest absolute Gasteiger partial charge is 0.490 e. The van der Waals surface area contributed by atoms with Crippen LogP contribution in [-0.4, -0.2) is 73.8 Å². The lowest BCUT2D eigenvalue weighted by Gasteiger charge is -2.42. The van der Waals surface area contributed by atoms with Crippen molar-refractivity contribution in [1.29, 1.82) is 0 Å². The summed E-state index contributed by atoms with van der Waals surface area (Å²) in [5.41, 5.74) is 1.01. The highest BCUT2D eigenvalue weighted by molar-refractivity contribution is 6.00. The maximum Gasteiger partial charge on any atom is 0.257 e. The van der Waals surface area contributed by atoms with Gasteiger partial charge in [0.15, 0.2) is 0 Å². The van der Waals surface area contributed by atoms with Crippen LogP contribution in [-0.2, 0) is 19.1 Å². The van der Waals surface area contributed by atoms with E-state index in [0.29, 0.717) is 68.5 Å². The third-order valence-corrected chi connectivity index (χ3v) is 8.00. The quantitative estimate of drug-likeness (QED) is 0.645. The molecule has 9 heteroatoms. The number of carbonyl (C=O) groups excluding carboxylic acids is 3. The summed E-state index contributed by atoms with van der Waals surface area (Å²) in [7, 11) is 1.79. The van der Waals surface area contributed by atoms with Gasteiger partial charge in [-0.15, -0.1) is 0 Å². The molecule has 1 saturated carbocycles. The maximum absolute atomic E-state index is 13.4. The first-order valence-electron chi connectivity index (χ1n) is 13.4. The summed E-state index contributed by atoms with van der Waals surface area (Å²) in [5, 5.41) is 6.09. The van der Waals surface area contributed by atoms with Gasteiger partial charge in [-0.3, -0.25) is 14.4 Å². The number of likely N-dealkylation sites (N-methyl/N-ethyl adjacent to an activating group) is 1. The van der Waals surface area contributed by atoms with Crippen molar-refractivity contribution >= 4 is 23.4 Å². The fourth-order valence-electron chi connectivity index (χ4n) is 5.87. The van der Waals surface area contributed by atoms with Crippen molar-refractivity contribution in [3.05, 3.63) is 23.8 Å². The first-order chi connectivity index (χ1) is 17.5. The molecule has 1 aromatic carbocycles. The number of benzene rings is 1. The molecule has 36 heavy (non-hydrogen) atoms. The minimum Gasteiger partial charge on any atom is -0.490 e. The molecule has 0 bridgehead atoms. The SMILES string of the molecule is CN1C(=O)c2cc(NC(=O)C3CCOCC3)ccc2OC[C@H]2O[C@@H](CC(=O)NC3CCCC3)CC[C@@H]21. The molecule has 1 aromatic rings. The Hall–Kier alpha value is -2.65. The highest BCUT2D eigenvalue weighted by Gasteiger charge is 2.39. The van der Waals surface area contributed by atoms with Crippen LogP contribution in [0, 0.1) is 5.92 Å². The normalized spacial score (nSPS) is 27.3. The Morgan fingerprint density at radius 1 is 1.06 bits per heavy atom. The molecular weight excluding hydrogens is 462 g/mol. The number of nitrogens with one attached hydrogen (secondary N) is 2. The van der Waals surface area contributed by atoms with E-state index in [4.69, 9.17) is 14.2 Å². The predicted octanol–water partition coefficient (Wildman–Crippen LogP) is 2.88. The lowest BCUT2D eigenvalue weighted by molar-refractivity contribution is -0.134. The predicted molar refractivity (Wildman–Crippen MR) is 133 cm³/mol. The number of hydrogen-bond donors (Lipinski definition) is 2. The van der Waals surface area contributed by atoms with Crippen molar-refractivity contribution in [1.82, 2.24) is 10.2 Å². The zero-order valence-electron chi connectivity index (χ0n) is 21.0. The van der Waals surface area contributed by atoms with E-state index in [9.17, 15) is 14.4 Å². The monoisotopic (exact) mass is 499 g/mol. The molecule has 0 spiro atoms. The maximum atomic E-state index is 13.4. The Morgan fingerprint density at radius 3 is 2.61 bits per heavy atom. The van der Waals surface area contributed by atoms with Crippen LogP contribution in [0.5, 0.6) is 5.75 Å². The highest BCUT2D eigenvalue weighted by Crippen LogP contribution is 2.33. The molecule has 196 valence electrons. The lowest BCUT2D eigenvalue weighted by Crippen LogP contribution is -2.54. The van der Waals surface area contributed by atoms with E-state index in [1.54, 1.807) is 30.1 Å². The number of anilines is 1. The summed E-state index contributed by atoms with van der Waals surface area (Å²) in [5.74, 6) is 0.225. The van der Waals surface area contributed by atoms with E-state index in [0.717, 1.165) is 19.3 Å². The molecule has 0 radical (unpaired) electrons. The number of hydrogen-bond acceptors (Lipinski definition) is 6. The zero-order chi connectivity index (χ0) is 25.1. The Bertz CT molecular complexity index is 972. The third kappa shape index (κ3) is 5.67. The van der Waals surface area contributed by atoms with Crippen LogP contribution in [0.4, 0.5) is 5.69 Å². The number of fused-ring (bicyclic) bond motifs is 2. The van der Waals surface area contributed by atoms with Crippen LogP contribution in [0.2, 0.25) is 0 Å². The van der Waals surface area contributed by atoms with E-state index in [1.165, 1.54) is 12.8 Å². The summed E-state index contributed by atoms with van der Waals surface area (Å²) in [6.45, 7) is 1.48. The lowest BCUT2D eigenvalue weighted by atomic mass is 9.94. The number of ether oxygens (including phenoxy) is 3. The fraction of sp³-hybridized carbons (Fsp3) is 0.667. The van der Waals surface area contributed by atoms with Gasteiger partial charge in [0.25, 0.3) is 5.91 Å².